The van der Waals surface area contributed by atoms with E-state index in [0.717, 1.165) is 25.0 Å². The van der Waals surface area contributed by atoms with Gasteiger partial charge in [-0.05, 0) is 35.7 Å². The van der Waals surface area contributed by atoms with Crippen molar-refractivity contribution in [2.75, 3.05) is 6.61 Å². The van der Waals surface area contributed by atoms with Gasteiger partial charge in [0, 0.05) is 11.8 Å². The van der Waals surface area contributed by atoms with Gasteiger partial charge in [0.05, 0.1) is 11.6 Å². The Balaban J connectivity index is 1.70. The van der Waals surface area contributed by atoms with E-state index < -0.39 is 0 Å². The fraction of sp³-hybridized carbons (Fsp3) is 0.312. The van der Waals surface area contributed by atoms with Gasteiger partial charge in [0.15, 0.2) is 0 Å². The molecule has 0 aliphatic heterocycles. The molecule has 1 fully saturated rings. The molecule has 0 aromatic heterocycles. The summed E-state index contributed by atoms with van der Waals surface area (Å²) in [5.41, 5.74) is 5.84. The lowest BCUT2D eigenvalue weighted by molar-refractivity contribution is 0.239. The monoisotopic (exact) mass is 271 g/mol. The quantitative estimate of drug-likeness (QED) is 0.843. The largest absolute Gasteiger partial charge is 0.493 e. The number of benzene rings is 2. The predicted molar refractivity (Wildman–Crippen MR) is 82.5 cm³/mol. The minimum atomic E-state index is 0.206. The summed E-state index contributed by atoms with van der Waals surface area (Å²) >= 11 is 5.00. The van der Waals surface area contributed by atoms with E-state index in [1.807, 2.05) is 18.2 Å². The van der Waals surface area contributed by atoms with E-state index in [1.54, 1.807) is 0 Å². The summed E-state index contributed by atoms with van der Waals surface area (Å²) in [4.78, 5) is 0.597. The first-order valence-electron chi connectivity index (χ1n) is 6.57. The first kappa shape index (κ1) is 12.4. The fourth-order valence-electron chi connectivity index (χ4n) is 2.41. The van der Waals surface area contributed by atoms with Gasteiger partial charge in [-0.25, -0.2) is 0 Å². The molecule has 3 rings (SSSR count). The van der Waals surface area contributed by atoms with Gasteiger partial charge >= 0.3 is 0 Å². The van der Waals surface area contributed by atoms with Gasteiger partial charge in [-0.3, -0.25) is 0 Å². The Morgan fingerprint density at radius 3 is 2.58 bits per heavy atom. The van der Waals surface area contributed by atoms with E-state index >= 15 is 0 Å². The number of fused-ring (bicyclic) bond motifs is 1. The average Bonchev–Trinajstić information content (AvgIpc) is 3.15. The SMILES string of the molecule is NC(=S)CC1(COc2ccc3ccccc3c2)CC1. The summed E-state index contributed by atoms with van der Waals surface area (Å²) in [7, 11) is 0. The standard InChI is InChI=1S/C16H17NOS/c17-15(19)10-16(7-8-16)11-18-14-6-5-12-3-1-2-4-13(12)9-14/h1-6,9H,7-8,10-11H2,(H2,17,19). The number of hydrogen-bond donors (Lipinski definition) is 1. The first-order valence-corrected chi connectivity index (χ1v) is 6.98. The van der Waals surface area contributed by atoms with Gasteiger partial charge in [-0.2, -0.15) is 0 Å². The Morgan fingerprint density at radius 2 is 1.89 bits per heavy atom. The lowest BCUT2D eigenvalue weighted by Gasteiger charge is -2.15. The summed E-state index contributed by atoms with van der Waals surface area (Å²) < 4.78 is 5.93. The maximum atomic E-state index is 5.93. The number of thiocarbonyl (C=S) groups is 1. The van der Waals surface area contributed by atoms with Crippen molar-refractivity contribution in [1.82, 2.24) is 0 Å². The van der Waals surface area contributed by atoms with Crippen LogP contribution < -0.4 is 10.5 Å². The van der Waals surface area contributed by atoms with Gasteiger partial charge in [-0.1, -0.05) is 42.5 Å². The first-order chi connectivity index (χ1) is 9.17. The van der Waals surface area contributed by atoms with Crippen molar-refractivity contribution in [3.8, 4) is 5.75 Å². The Hall–Kier alpha value is -1.61. The zero-order valence-electron chi connectivity index (χ0n) is 10.8. The van der Waals surface area contributed by atoms with E-state index in [-0.39, 0.29) is 5.41 Å². The van der Waals surface area contributed by atoms with E-state index in [2.05, 4.69) is 24.3 Å². The molecule has 2 N–H and O–H groups in total. The molecule has 1 aliphatic carbocycles. The van der Waals surface area contributed by atoms with Crippen LogP contribution in [0.2, 0.25) is 0 Å². The van der Waals surface area contributed by atoms with E-state index in [1.165, 1.54) is 10.8 Å². The Labute approximate surface area is 118 Å². The highest BCUT2D eigenvalue weighted by molar-refractivity contribution is 7.80. The topological polar surface area (TPSA) is 35.2 Å². The molecule has 1 saturated carbocycles. The van der Waals surface area contributed by atoms with Gasteiger partial charge in [-0.15, -0.1) is 0 Å². The van der Waals surface area contributed by atoms with Gasteiger partial charge in [0.25, 0.3) is 0 Å². The van der Waals surface area contributed by atoms with Crippen LogP contribution in [-0.2, 0) is 0 Å². The van der Waals surface area contributed by atoms with Crippen LogP contribution in [0.4, 0.5) is 0 Å². The Kier molecular flexibility index (Phi) is 3.15. The molecule has 0 saturated heterocycles. The van der Waals surface area contributed by atoms with Crippen molar-refractivity contribution >= 4 is 28.0 Å². The molecular formula is C16H17NOS. The zero-order chi connectivity index (χ0) is 13.3. The molecule has 2 aromatic carbocycles. The maximum Gasteiger partial charge on any atom is 0.119 e. The van der Waals surface area contributed by atoms with Crippen molar-refractivity contribution in [2.45, 2.75) is 19.3 Å². The summed E-state index contributed by atoms with van der Waals surface area (Å²) in [5.74, 6) is 0.924. The third kappa shape index (κ3) is 2.87. The van der Waals surface area contributed by atoms with Crippen LogP contribution in [0.1, 0.15) is 19.3 Å². The normalized spacial score (nSPS) is 16.2. The third-order valence-electron chi connectivity index (χ3n) is 3.77. The lowest BCUT2D eigenvalue weighted by Crippen LogP contribution is -2.20. The summed E-state index contributed by atoms with van der Waals surface area (Å²) in [5, 5.41) is 2.44. The van der Waals surface area contributed by atoms with E-state index in [4.69, 9.17) is 22.7 Å². The second-order valence-electron chi connectivity index (χ2n) is 5.44. The summed E-state index contributed by atoms with van der Waals surface area (Å²) in [6.45, 7) is 0.711. The van der Waals surface area contributed by atoms with Crippen molar-refractivity contribution < 1.29 is 4.74 Å². The minimum Gasteiger partial charge on any atom is -0.493 e. The van der Waals surface area contributed by atoms with Crippen LogP contribution >= 0.6 is 12.2 Å². The molecule has 3 heteroatoms. The molecule has 19 heavy (non-hydrogen) atoms. The molecule has 1 aliphatic rings. The van der Waals surface area contributed by atoms with E-state index in [9.17, 15) is 0 Å². The second kappa shape index (κ2) is 4.82. The van der Waals surface area contributed by atoms with Gasteiger partial charge < -0.3 is 10.5 Å². The van der Waals surface area contributed by atoms with E-state index in [0.29, 0.717) is 11.6 Å². The lowest BCUT2D eigenvalue weighted by atomic mass is 10.0. The molecule has 0 unspecified atom stereocenters. The minimum absolute atomic E-state index is 0.206. The third-order valence-corrected chi connectivity index (χ3v) is 3.92. The van der Waals surface area contributed by atoms with Gasteiger partial charge in [0.1, 0.15) is 5.75 Å². The Morgan fingerprint density at radius 1 is 1.16 bits per heavy atom. The number of rotatable bonds is 5. The Bertz CT molecular complexity index is 619. The zero-order valence-corrected chi connectivity index (χ0v) is 11.6. The predicted octanol–water partition coefficient (Wildman–Crippen LogP) is 3.68. The summed E-state index contributed by atoms with van der Waals surface area (Å²) in [6, 6.07) is 14.5. The van der Waals surface area contributed by atoms with Crippen LogP contribution in [0, 0.1) is 5.41 Å². The molecular weight excluding hydrogens is 254 g/mol. The second-order valence-corrected chi connectivity index (χ2v) is 5.97. The number of hydrogen-bond acceptors (Lipinski definition) is 2. The van der Waals surface area contributed by atoms with Crippen LogP contribution in [0.5, 0.6) is 5.75 Å². The molecule has 0 spiro atoms. The fourth-order valence-corrected chi connectivity index (χ4v) is 2.72. The molecule has 0 amide bonds. The number of nitrogens with two attached hydrogens (primary N) is 1. The molecule has 2 aromatic rings. The highest BCUT2D eigenvalue weighted by Gasteiger charge is 2.43. The van der Waals surface area contributed by atoms with Crippen LogP contribution in [0.3, 0.4) is 0 Å². The van der Waals surface area contributed by atoms with Crippen LogP contribution in [0.25, 0.3) is 10.8 Å². The highest BCUT2D eigenvalue weighted by atomic mass is 32.1. The van der Waals surface area contributed by atoms with Crippen LogP contribution in [0.15, 0.2) is 42.5 Å². The number of ether oxygens (including phenoxy) is 1. The highest BCUT2D eigenvalue weighted by Crippen LogP contribution is 2.49. The molecule has 2 nitrogen and oxygen atoms in total. The van der Waals surface area contributed by atoms with Crippen molar-refractivity contribution in [1.29, 1.82) is 0 Å². The molecule has 98 valence electrons. The smallest absolute Gasteiger partial charge is 0.119 e. The summed E-state index contributed by atoms with van der Waals surface area (Å²) in [6.07, 6.45) is 3.13. The molecule has 0 radical (unpaired) electrons. The van der Waals surface area contributed by atoms with Crippen molar-refractivity contribution in [3.63, 3.8) is 0 Å². The maximum absolute atomic E-state index is 5.93. The van der Waals surface area contributed by atoms with Gasteiger partial charge in [0.2, 0.25) is 0 Å². The van der Waals surface area contributed by atoms with Crippen LogP contribution in [-0.4, -0.2) is 11.6 Å². The van der Waals surface area contributed by atoms with Crippen molar-refractivity contribution in [2.24, 2.45) is 11.1 Å². The van der Waals surface area contributed by atoms with Crippen molar-refractivity contribution in [3.05, 3.63) is 42.5 Å². The average molecular weight is 271 g/mol. The molecule has 0 atom stereocenters. The molecule has 0 bridgehead atoms. The molecule has 0 heterocycles.